The van der Waals surface area contributed by atoms with Crippen molar-refractivity contribution in [2.24, 2.45) is 0 Å². The molecule has 90 valence electrons. The third kappa shape index (κ3) is 2.22. The van der Waals surface area contributed by atoms with Crippen molar-refractivity contribution >= 4 is 11.6 Å². The molecule has 0 aliphatic heterocycles. The van der Waals surface area contributed by atoms with Gasteiger partial charge in [0.1, 0.15) is 0 Å². The van der Waals surface area contributed by atoms with E-state index >= 15 is 0 Å². The predicted octanol–water partition coefficient (Wildman–Crippen LogP) is 3.06. The van der Waals surface area contributed by atoms with Crippen LogP contribution in [0.1, 0.15) is 5.56 Å². The highest BCUT2D eigenvalue weighted by atomic mass is 35.5. The standard InChI is InChI=1S/C12H13ClN2O2/c1-7-4-10(16-2)11(17-3)5-8(7)9-6-14-12(13)15-9/h4-6H,1-3H3,(H,14,15). The lowest BCUT2D eigenvalue weighted by molar-refractivity contribution is 0.355. The second kappa shape index (κ2) is 4.67. The van der Waals surface area contributed by atoms with Crippen molar-refractivity contribution in [3.63, 3.8) is 0 Å². The summed E-state index contributed by atoms with van der Waals surface area (Å²) in [6, 6.07) is 3.82. The minimum atomic E-state index is 0.370. The first-order valence-corrected chi connectivity index (χ1v) is 5.47. The van der Waals surface area contributed by atoms with E-state index in [1.54, 1.807) is 20.4 Å². The summed E-state index contributed by atoms with van der Waals surface area (Å²) in [5.41, 5.74) is 2.90. The van der Waals surface area contributed by atoms with Gasteiger partial charge in [-0.15, -0.1) is 0 Å². The molecule has 0 fully saturated rings. The van der Waals surface area contributed by atoms with Gasteiger partial charge in [-0.2, -0.15) is 0 Å². The normalized spacial score (nSPS) is 10.4. The summed E-state index contributed by atoms with van der Waals surface area (Å²) in [4.78, 5) is 6.95. The molecule has 0 saturated carbocycles. The maximum Gasteiger partial charge on any atom is 0.200 e. The Bertz CT molecular complexity index is 537. The number of benzene rings is 1. The Kier molecular flexibility index (Phi) is 3.24. The molecule has 1 heterocycles. The number of aryl methyl sites for hydroxylation is 1. The molecule has 0 bridgehead atoms. The van der Waals surface area contributed by atoms with Crippen molar-refractivity contribution in [1.82, 2.24) is 9.97 Å². The lowest BCUT2D eigenvalue weighted by Crippen LogP contribution is -1.93. The highest BCUT2D eigenvalue weighted by molar-refractivity contribution is 6.28. The molecule has 1 N–H and O–H groups in total. The van der Waals surface area contributed by atoms with Gasteiger partial charge in [-0.05, 0) is 36.2 Å². The van der Waals surface area contributed by atoms with Crippen molar-refractivity contribution in [2.75, 3.05) is 14.2 Å². The Morgan fingerprint density at radius 2 is 1.82 bits per heavy atom. The van der Waals surface area contributed by atoms with Crippen LogP contribution in [0.25, 0.3) is 11.3 Å². The monoisotopic (exact) mass is 252 g/mol. The van der Waals surface area contributed by atoms with Gasteiger partial charge in [-0.25, -0.2) is 4.98 Å². The van der Waals surface area contributed by atoms with Crippen molar-refractivity contribution in [3.05, 3.63) is 29.2 Å². The number of hydrogen-bond acceptors (Lipinski definition) is 3. The van der Waals surface area contributed by atoms with E-state index in [1.165, 1.54) is 0 Å². The number of H-pyrrole nitrogens is 1. The minimum Gasteiger partial charge on any atom is -0.493 e. The van der Waals surface area contributed by atoms with Gasteiger partial charge in [0.05, 0.1) is 26.1 Å². The Hall–Kier alpha value is -1.68. The smallest absolute Gasteiger partial charge is 0.200 e. The van der Waals surface area contributed by atoms with E-state index in [0.29, 0.717) is 16.8 Å². The second-order valence-electron chi connectivity index (χ2n) is 3.61. The van der Waals surface area contributed by atoms with Crippen LogP contribution in [0.5, 0.6) is 11.5 Å². The average Bonchev–Trinajstić information content (AvgIpc) is 2.75. The lowest BCUT2D eigenvalue weighted by atomic mass is 10.1. The van der Waals surface area contributed by atoms with Crippen LogP contribution in [0.2, 0.25) is 5.28 Å². The topological polar surface area (TPSA) is 47.1 Å². The number of methoxy groups -OCH3 is 2. The summed E-state index contributed by atoms with van der Waals surface area (Å²) in [7, 11) is 3.22. The van der Waals surface area contributed by atoms with Gasteiger partial charge >= 0.3 is 0 Å². The van der Waals surface area contributed by atoms with E-state index < -0.39 is 0 Å². The highest BCUT2D eigenvalue weighted by Gasteiger charge is 2.11. The fourth-order valence-corrected chi connectivity index (χ4v) is 1.86. The number of nitrogens with one attached hydrogen (secondary N) is 1. The summed E-state index contributed by atoms with van der Waals surface area (Å²) in [6.45, 7) is 1.99. The van der Waals surface area contributed by atoms with E-state index in [9.17, 15) is 0 Å². The molecule has 2 aromatic rings. The summed E-state index contributed by atoms with van der Waals surface area (Å²) >= 11 is 5.77. The second-order valence-corrected chi connectivity index (χ2v) is 3.97. The lowest BCUT2D eigenvalue weighted by Gasteiger charge is -2.11. The fraction of sp³-hybridized carbons (Fsp3) is 0.250. The van der Waals surface area contributed by atoms with E-state index in [1.807, 2.05) is 19.1 Å². The summed E-state index contributed by atoms with van der Waals surface area (Å²) in [5, 5.41) is 0.370. The molecule has 5 heteroatoms. The number of hydrogen-bond donors (Lipinski definition) is 1. The maximum atomic E-state index is 5.77. The van der Waals surface area contributed by atoms with Crippen LogP contribution in [0.15, 0.2) is 18.3 Å². The third-order valence-electron chi connectivity index (χ3n) is 2.57. The summed E-state index contributed by atoms with van der Waals surface area (Å²) < 4.78 is 10.5. The number of aromatic nitrogens is 2. The molecule has 2 rings (SSSR count). The largest absolute Gasteiger partial charge is 0.493 e. The molecule has 0 radical (unpaired) electrons. The molecule has 0 saturated heterocycles. The van der Waals surface area contributed by atoms with Crippen LogP contribution in [-0.2, 0) is 0 Å². The van der Waals surface area contributed by atoms with Crippen LogP contribution in [0.3, 0.4) is 0 Å². The number of rotatable bonds is 3. The van der Waals surface area contributed by atoms with Gasteiger partial charge in [0.25, 0.3) is 0 Å². The number of aromatic amines is 1. The zero-order valence-electron chi connectivity index (χ0n) is 9.87. The molecule has 0 amide bonds. The molecule has 0 atom stereocenters. The third-order valence-corrected chi connectivity index (χ3v) is 2.76. The van der Waals surface area contributed by atoms with Crippen molar-refractivity contribution in [3.8, 4) is 22.8 Å². The van der Waals surface area contributed by atoms with Gasteiger partial charge in [-0.3, -0.25) is 0 Å². The Labute approximate surface area is 105 Å². The van der Waals surface area contributed by atoms with Gasteiger partial charge in [0.15, 0.2) is 16.8 Å². The summed E-state index contributed by atoms with van der Waals surface area (Å²) in [5.74, 6) is 1.39. The zero-order chi connectivity index (χ0) is 12.4. The van der Waals surface area contributed by atoms with Crippen molar-refractivity contribution in [2.45, 2.75) is 6.92 Å². The zero-order valence-corrected chi connectivity index (χ0v) is 10.6. The Morgan fingerprint density at radius 3 is 2.35 bits per heavy atom. The quantitative estimate of drug-likeness (QED) is 0.913. The molecule has 0 aliphatic rings. The molecular weight excluding hydrogens is 240 g/mol. The van der Waals surface area contributed by atoms with Crippen LogP contribution in [0.4, 0.5) is 0 Å². The molecule has 1 aromatic heterocycles. The number of ether oxygens (including phenoxy) is 2. The number of halogens is 1. The molecule has 4 nitrogen and oxygen atoms in total. The van der Waals surface area contributed by atoms with Crippen molar-refractivity contribution in [1.29, 1.82) is 0 Å². The average molecular weight is 253 g/mol. The first kappa shape index (κ1) is 11.8. The van der Waals surface area contributed by atoms with Crippen LogP contribution in [0, 0.1) is 6.92 Å². The first-order valence-electron chi connectivity index (χ1n) is 5.09. The number of nitrogens with zero attached hydrogens (tertiary/aromatic N) is 1. The van der Waals surface area contributed by atoms with Gasteiger partial charge in [-0.1, -0.05) is 0 Å². The van der Waals surface area contributed by atoms with Crippen LogP contribution in [-0.4, -0.2) is 24.2 Å². The van der Waals surface area contributed by atoms with Crippen LogP contribution >= 0.6 is 11.6 Å². The first-order chi connectivity index (χ1) is 8.15. The maximum absolute atomic E-state index is 5.77. The SMILES string of the molecule is COc1cc(C)c(-c2cnc(Cl)[nH]2)cc1OC. The van der Waals surface area contributed by atoms with Crippen molar-refractivity contribution < 1.29 is 9.47 Å². The molecule has 0 aliphatic carbocycles. The predicted molar refractivity (Wildman–Crippen MR) is 66.9 cm³/mol. The van der Waals surface area contributed by atoms with Crippen LogP contribution < -0.4 is 9.47 Å². The Balaban J connectivity index is 2.55. The van der Waals surface area contributed by atoms with E-state index in [4.69, 9.17) is 21.1 Å². The van der Waals surface area contributed by atoms with Gasteiger partial charge in [0, 0.05) is 5.56 Å². The molecule has 17 heavy (non-hydrogen) atoms. The molecule has 0 spiro atoms. The van der Waals surface area contributed by atoms with E-state index in [-0.39, 0.29) is 0 Å². The van der Waals surface area contributed by atoms with Gasteiger partial charge < -0.3 is 14.5 Å². The highest BCUT2D eigenvalue weighted by Crippen LogP contribution is 2.34. The fourth-order valence-electron chi connectivity index (χ4n) is 1.70. The summed E-state index contributed by atoms with van der Waals surface area (Å²) in [6.07, 6.45) is 1.69. The van der Waals surface area contributed by atoms with E-state index in [0.717, 1.165) is 16.8 Å². The molecular formula is C12H13ClN2O2. The van der Waals surface area contributed by atoms with E-state index in [2.05, 4.69) is 9.97 Å². The molecule has 0 unspecified atom stereocenters. The number of imidazole rings is 1. The Morgan fingerprint density at radius 1 is 1.18 bits per heavy atom. The van der Waals surface area contributed by atoms with Gasteiger partial charge in [0.2, 0.25) is 0 Å². The minimum absolute atomic E-state index is 0.370. The molecule has 1 aromatic carbocycles.